The molecular formula is C29H25ClFN3O2. The van der Waals surface area contributed by atoms with Crippen molar-refractivity contribution in [3.8, 4) is 0 Å². The SMILES string of the molecule is O=C(NCc1ccccn1)[C@H](c1ccccc1)N(Cc1ccc(F)cc1)C(=O)Cc1ccc(Cl)cc1. The fourth-order valence-corrected chi connectivity index (χ4v) is 4.00. The summed E-state index contributed by atoms with van der Waals surface area (Å²) in [6, 6.07) is 26.7. The van der Waals surface area contributed by atoms with Crippen molar-refractivity contribution >= 4 is 23.4 Å². The lowest BCUT2D eigenvalue weighted by atomic mass is 10.0. The number of aromatic nitrogens is 1. The van der Waals surface area contributed by atoms with Crippen LogP contribution >= 0.6 is 11.6 Å². The summed E-state index contributed by atoms with van der Waals surface area (Å²) in [5.41, 5.74) is 2.85. The molecule has 0 aliphatic heterocycles. The molecule has 0 saturated heterocycles. The van der Waals surface area contributed by atoms with Crippen molar-refractivity contribution in [2.75, 3.05) is 0 Å². The number of hydrogen-bond acceptors (Lipinski definition) is 3. The second kappa shape index (κ2) is 12.1. The van der Waals surface area contributed by atoms with Gasteiger partial charge in [0.25, 0.3) is 0 Å². The van der Waals surface area contributed by atoms with Gasteiger partial charge in [-0.25, -0.2) is 4.39 Å². The molecule has 182 valence electrons. The highest BCUT2D eigenvalue weighted by molar-refractivity contribution is 6.30. The van der Waals surface area contributed by atoms with Crippen molar-refractivity contribution in [3.05, 3.63) is 136 Å². The third-order valence-corrected chi connectivity index (χ3v) is 5.95. The smallest absolute Gasteiger partial charge is 0.247 e. The lowest BCUT2D eigenvalue weighted by Gasteiger charge is -2.32. The molecule has 0 unspecified atom stereocenters. The number of nitrogens with zero attached hydrogens (tertiary/aromatic N) is 2. The van der Waals surface area contributed by atoms with Gasteiger partial charge in [-0.1, -0.05) is 72.3 Å². The minimum atomic E-state index is -0.903. The molecule has 4 aromatic rings. The van der Waals surface area contributed by atoms with Gasteiger partial charge in [-0.2, -0.15) is 0 Å². The van der Waals surface area contributed by atoms with Crippen LogP contribution in [0.3, 0.4) is 0 Å². The van der Waals surface area contributed by atoms with Gasteiger partial charge < -0.3 is 10.2 Å². The molecule has 0 spiro atoms. The summed E-state index contributed by atoms with van der Waals surface area (Å²) in [6.07, 6.45) is 1.74. The number of carbonyl (C=O) groups is 2. The Kier molecular flexibility index (Phi) is 8.42. The van der Waals surface area contributed by atoms with Crippen molar-refractivity contribution in [3.63, 3.8) is 0 Å². The summed E-state index contributed by atoms with van der Waals surface area (Å²) in [7, 11) is 0. The van der Waals surface area contributed by atoms with E-state index in [-0.39, 0.29) is 37.1 Å². The van der Waals surface area contributed by atoms with Crippen LogP contribution in [0.15, 0.2) is 103 Å². The van der Waals surface area contributed by atoms with Gasteiger partial charge in [-0.05, 0) is 53.1 Å². The number of pyridine rings is 1. The van der Waals surface area contributed by atoms with Gasteiger partial charge in [0, 0.05) is 17.8 Å². The minimum absolute atomic E-state index is 0.0786. The Balaban J connectivity index is 1.67. The lowest BCUT2D eigenvalue weighted by molar-refractivity contribution is -0.141. The maximum Gasteiger partial charge on any atom is 0.247 e. The van der Waals surface area contributed by atoms with E-state index in [4.69, 9.17) is 11.6 Å². The number of amides is 2. The zero-order chi connectivity index (χ0) is 25.3. The second-order valence-corrected chi connectivity index (χ2v) is 8.74. The first-order valence-electron chi connectivity index (χ1n) is 11.5. The monoisotopic (exact) mass is 501 g/mol. The maximum absolute atomic E-state index is 13.7. The first-order valence-corrected chi connectivity index (χ1v) is 11.9. The van der Waals surface area contributed by atoms with E-state index < -0.39 is 6.04 Å². The summed E-state index contributed by atoms with van der Waals surface area (Å²) in [5, 5.41) is 3.50. The average Bonchev–Trinajstić information content (AvgIpc) is 2.91. The average molecular weight is 502 g/mol. The summed E-state index contributed by atoms with van der Waals surface area (Å²) in [6.45, 7) is 0.349. The topological polar surface area (TPSA) is 62.3 Å². The molecule has 1 N–H and O–H groups in total. The van der Waals surface area contributed by atoms with E-state index in [9.17, 15) is 14.0 Å². The van der Waals surface area contributed by atoms with E-state index in [1.54, 1.807) is 48.7 Å². The molecule has 2 amide bonds. The number of benzene rings is 3. The van der Waals surface area contributed by atoms with E-state index in [0.717, 1.165) is 5.56 Å². The molecule has 0 saturated carbocycles. The molecular weight excluding hydrogens is 477 g/mol. The van der Waals surface area contributed by atoms with Gasteiger partial charge in [0.1, 0.15) is 11.9 Å². The van der Waals surface area contributed by atoms with Crippen LogP contribution in [0.2, 0.25) is 5.02 Å². The summed E-state index contributed by atoms with van der Waals surface area (Å²) in [5.74, 6) is -0.951. The van der Waals surface area contributed by atoms with Crippen LogP contribution in [0.25, 0.3) is 0 Å². The first kappa shape index (κ1) is 25.1. The molecule has 0 fully saturated rings. The Morgan fingerprint density at radius 2 is 1.53 bits per heavy atom. The summed E-state index contributed by atoms with van der Waals surface area (Å²) >= 11 is 6.00. The van der Waals surface area contributed by atoms with Gasteiger partial charge in [0.05, 0.1) is 18.7 Å². The minimum Gasteiger partial charge on any atom is -0.348 e. The molecule has 5 nitrogen and oxygen atoms in total. The predicted octanol–water partition coefficient (Wildman–Crippen LogP) is 5.50. The van der Waals surface area contributed by atoms with Gasteiger partial charge in [0.2, 0.25) is 11.8 Å². The van der Waals surface area contributed by atoms with Gasteiger partial charge in [-0.15, -0.1) is 0 Å². The molecule has 1 aromatic heterocycles. The molecule has 7 heteroatoms. The third-order valence-electron chi connectivity index (χ3n) is 5.70. The van der Waals surface area contributed by atoms with E-state index in [2.05, 4.69) is 10.3 Å². The molecule has 0 bridgehead atoms. The highest BCUT2D eigenvalue weighted by atomic mass is 35.5. The van der Waals surface area contributed by atoms with Crippen LogP contribution in [-0.2, 0) is 29.1 Å². The Hall–Kier alpha value is -4.03. The normalized spacial score (nSPS) is 11.5. The second-order valence-electron chi connectivity index (χ2n) is 8.30. The number of rotatable bonds is 9. The predicted molar refractivity (Wildman–Crippen MR) is 137 cm³/mol. The van der Waals surface area contributed by atoms with E-state index >= 15 is 0 Å². The number of carbonyl (C=O) groups excluding carboxylic acids is 2. The zero-order valence-electron chi connectivity index (χ0n) is 19.5. The third kappa shape index (κ3) is 6.77. The van der Waals surface area contributed by atoms with Crippen molar-refractivity contribution < 1.29 is 14.0 Å². The Morgan fingerprint density at radius 1 is 0.861 bits per heavy atom. The highest BCUT2D eigenvalue weighted by Gasteiger charge is 2.31. The van der Waals surface area contributed by atoms with Crippen LogP contribution in [0, 0.1) is 5.82 Å². The number of hydrogen-bond donors (Lipinski definition) is 1. The van der Waals surface area contributed by atoms with Gasteiger partial charge in [-0.3, -0.25) is 14.6 Å². The van der Waals surface area contributed by atoms with Crippen LogP contribution in [0.4, 0.5) is 4.39 Å². The molecule has 3 aromatic carbocycles. The van der Waals surface area contributed by atoms with Crippen molar-refractivity contribution in [2.24, 2.45) is 0 Å². The van der Waals surface area contributed by atoms with Crippen molar-refractivity contribution in [2.45, 2.75) is 25.6 Å². The molecule has 0 radical (unpaired) electrons. The maximum atomic E-state index is 13.7. The summed E-state index contributed by atoms with van der Waals surface area (Å²) < 4.78 is 13.6. The fraction of sp³-hybridized carbons (Fsp3) is 0.138. The first-order chi connectivity index (χ1) is 17.5. The Morgan fingerprint density at radius 3 is 2.19 bits per heavy atom. The molecule has 4 rings (SSSR count). The molecule has 0 aliphatic rings. The molecule has 1 atom stereocenters. The Labute approximate surface area is 214 Å². The molecule has 0 aliphatic carbocycles. The van der Waals surface area contributed by atoms with E-state index in [1.807, 2.05) is 42.5 Å². The van der Waals surface area contributed by atoms with Crippen LogP contribution < -0.4 is 5.32 Å². The molecule has 1 heterocycles. The van der Waals surface area contributed by atoms with E-state index in [1.165, 1.54) is 17.0 Å². The Bertz CT molecular complexity index is 1280. The van der Waals surface area contributed by atoms with Crippen LogP contribution in [0.1, 0.15) is 28.4 Å². The quantitative estimate of drug-likeness (QED) is 0.329. The molecule has 36 heavy (non-hydrogen) atoms. The highest BCUT2D eigenvalue weighted by Crippen LogP contribution is 2.25. The number of halogens is 2. The van der Waals surface area contributed by atoms with Crippen molar-refractivity contribution in [1.29, 1.82) is 0 Å². The lowest BCUT2D eigenvalue weighted by Crippen LogP contribution is -2.44. The number of nitrogens with one attached hydrogen (secondary N) is 1. The van der Waals surface area contributed by atoms with Gasteiger partial charge in [0.15, 0.2) is 0 Å². The van der Waals surface area contributed by atoms with Crippen LogP contribution in [-0.4, -0.2) is 21.7 Å². The summed E-state index contributed by atoms with van der Waals surface area (Å²) in [4.78, 5) is 33.1. The zero-order valence-corrected chi connectivity index (χ0v) is 20.2. The standard InChI is InChI=1S/C29H25ClFN3O2/c30-24-13-9-21(10-14-24)18-27(35)34(20-22-11-15-25(31)16-12-22)28(23-6-2-1-3-7-23)29(36)33-19-26-8-4-5-17-32-26/h1-17,28H,18-20H2,(H,33,36)/t28-/m0/s1. The van der Waals surface area contributed by atoms with Crippen molar-refractivity contribution in [1.82, 2.24) is 15.2 Å². The van der Waals surface area contributed by atoms with E-state index in [0.29, 0.717) is 21.8 Å². The van der Waals surface area contributed by atoms with Gasteiger partial charge >= 0.3 is 0 Å². The largest absolute Gasteiger partial charge is 0.348 e. The fourth-order valence-electron chi connectivity index (χ4n) is 3.87. The van der Waals surface area contributed by atoms with Crippen LogP contribution in [0.5, 0.6) is 0 Å².